The van der Waals surface area contributed by atoms with E-state index in [2.05, 4.69) is 26.1 Å². The molecule has 2 unspecified atom stereocenters. The largest absolute Gasteiger partial charge is 0.394 e. The lowest BCUT2D eigenvalue weighted by Gasteiger charge is -2.35. The van der Waals surface area contributed by atoms with Crippen molar-refractivity contribution < 1.29 is 9.50 Å². The molecule has 1 saturated carbocycles. The summed E-state index contributed by atoms with van der Waals surface area (Å²) in [6, 6.07) is 4.94. The van der Waals surface area contributed by atoms with Crippen LogP contribution < -0.4 is 5.32 Å². The quantitative estimate of drug-likeness (QED) is 0.872. The zero-order chi connectivity index (χ0) is 14.3. The topological polar surface area (TPSA) is 32.3 Å². The number of aryl methyl sites for hydroxylation is 1. The van der Waals surface area contributed by atoms with Crippen molar-refractivity contribution in [2.24, 2.45) is 11.3 Å². The van der Waals surface area contributed by atoms with Crippen LogP contribution in [0.15, 0.2) is 18.2 Å². The highest BCUT2D eigenvalue weighted by Crippen LogP contribution is 2.48. The number of nitrogens with one attached hydrogen (secondary N) is 1. The van der Waals surface area contributed by atoms with Crippen LogP contribution in [0.4, 0.5) is 10.1 Å². The van der Waals surface area contributed by atoms with E-state index in [9.17, 15) is 9.50 Å². The number of hydrogen-bond acceptors (Lipinski definition) is 2. The summed E-state index contributed by atoms with van der Waals surface area (Å²) in [5, 5.41) is 13.3. The molecule has 0 bridgehead atoms. The molecule has 2 nitrogen and oxygen atoms in total. The van der Waals surface area contributed by atoms with Crippen LogP contribution >= 0.6 is 0 Å². The van der Waals surface area contributed by atoms with Crippen LogP contribution in [0.25, 0.3) is 0 Å². The Morgan fingerprint density at radius 1 is 1.37 bits per heavy atom. The van der Waals surface area contributed by atoms with Crippen molar-refractivity contribution in [3.63, 3.8) is 0 Å². The number of rotatable bonds is 3. The van der Waals surface area contributed by atoms with Crippen LogP contribution in [0, 0.1) is 24.1 Å². The monoisotopic (exact) mass is 265 g/mol. The van der Waals surface area contributed by atoms with Gasteiger partial charge in [-0.1, -0.05) is 20.8 Å². The molecule has 0 spiro atoms. The number of hydrogen-bond donors (Lipinski definition) is 2. The van der Waals surface area contributed by atoms with Gasteiger partial charge >= 0.3 is 0 Å². The molecular weight excluding hydrogens is 241 g/mol. The molecule has 1 aromatic carbocycles. The molecule has 1 aromatic rings. The highest BCUT2D eigenvalue weighted by atomic mass is 19.1. The molecule has 0 amide bonds. The van der Waals surface area contributed by atoms with Crippen molar-refractivity contribution in [1.29, 1.82) is 0 Å². The molecule has 0 radical (unpaired) electrons. The van der Waals surface area contributed by atoms with E-state index in [1.54, 1.807) is 0 Å². The minimum atomic E-state index is -0.344. The predicted octanol–water partition coefficient (Wildman–Crippen LogP) is 3.73. The van der Waals surface area contributed by atoms with Gasteiger partial charge in [-0.25, -0.2) is 4.39 Å². The molecular formula is C16H24FNO. The number of aliphatic hydroxyl groups is 1. The second-order valence-electron chi connectivity index (χ2n) is 6.90. The van der Waals surface area contributed by atoms with Gasteiger partial charge in [-0.05, 0) is 54.9 Å². The Labute approximate surface area is 115 Å². The molecule has 2 rings (SSSR count). The second kappa shape index (κ2) is 4.78. The summed E-state index contributed by atoms with van der Waals surface area (Å²) in [6.07, 6.45) is 1.96. The maximum absolute atomic E-state index is 13.5. The fourth-order valence-electron chi connectivity index (χ4n) is 3.64. The highest BCUT2D eigenvalue weighted by Gasteiger charge is 2.48. The van der Waals surface area contributed by atoms with Crippen molar-refractivity contribution in [3.8, 4) is 0 Å². The minimum absolute atomic E-state index is 0.0765. The molecule has 3 heteroatoms. The maximum atomic E-state index is 13.5. The first-order valence-corrected chi connectivity index (χ1v) is 6.93. The molecule has 0 heterocycles. The van der Waals surface area contributed by atoms with Crippen LogP contribution in [0.5, 0.6) is 0 Å². The van der Waals surface area contributed by atoms with E-state index in [1.807, 2.05) is 13.0 Å². The number of halogens is 1. The van der Waals surface area contributed by atoms with Gasteiger partial charge < -0.3 is 10.4 Å². The summed E-state index contributed by atoms with van der Waals surface area (Å²) in [6.45, 7) is 8.55. The van der Waals surface area contributed by atoms with Crippen molar-refractivity contribution in [1.82, 2.24) is 0 Å². The average molecular weight is 265 g/mol. The van der Waals surface area contributed by atoms with Gasteiger partial charge in [0.05, 0.1) is 12.1 Å². The lowest BCUT2D eigenvalue weighted by atomic mass is 9.86. The Balaban J connectivity index is 2.28. The summed E-state index contributed by atoms with van der Waals surface area (Å²) in [5.41, 5.74) is 1.51. The third-order valence-corrected chi connectivity index (χ3v) is 4.31. The second-order valence-corrected chi connectivity index (χ2v) is 6.90. The maximum Gasteiger partial charge on any atom is 0.125 e. The van der Waals surface area contributed by atoms with Crippen LogP contribution in [-0.4, -0.2) is 17.3 Å². The van der Waals surface area contributed by atoms with Gasteiger partial charge in [0.25, 0.3) is 0 Å². The summed E-state index contributed by atoms with van der Waals surface area (Å²) < 4.78 is 13.5. The summed E-state index contributed by atoms with van der Waals surface area (Å²) >= 11 is 0. The fraction of sp³-hybridized carbons (Fsp3) is 0.625. The lowest BCUT2D eigenvalue weighted by molar-refractivity contribution is 0.179. The Morgan fingerprint density at radius 2 is 2.05 bits per heavy atom. The average Bonchev–Trinajstić information content (AvgIpc) is 2.47. The highest BCUT2D eigenvalue weighted by molar-refractivity contribution is 5.49. The van der Waals surface area contributed by atoms with E-state index < -0.39 is 0 Å². The minimum Gasteiger partial charge on any atom is -0.394 e. The van der Waals surface area contributed by atoms with E-state index in [0.717, 1.165) is 24.1 Å². The smallest absolute Gasteiger partial charge is 0.125 e. The first-order chi connectivity index (χ1) is 8.76. The van der Waals surface area contributed by atoms with Gasteiger partial charge in [0.1, 0.15) is 5.82 Å². The lowest BCUT2D eigenvalue weighted by Crippen LogP contribution is -2.45. The predicted molar refractivity (Wildman–Crippen MR) is 76.8 cm³/mol. The van der Waals surface area contributed by atoms with Crippen molar-refractivity contribution in [3.05, 3.63) is 29.6 Å². The Morgan fingerprint density at radius 3 is 2.53 bits per heavy atom. The fourth-order valence-corrected chi connectivity index (χ4v) is 3.64. The van der Waals surface area contributed by atoms with Crippen molar-refractivity contribution in [2.75, 3.05) is 11.9 Å². The molecule has 1 aliphatic rings. The molecule has 0 saturated heterocycles. The first-order valence-electron chi connectivity index (χ1n) is 6.93. The van der Waals surface area contributed by atoms with E-state index in [0.29, 0.717) is 5.92 Å². The number of aliphatic hydroxyl groups excluding tert-OH is 1. The molecule has 0 aromatic heterocycles. The third kappa shape index (κ3) is 2.92. The van der Waals surface area contributed by atoms with Crippen LogP contribution in [0.3, 0.4) is 0 Å². The number of benzene rings is 1. The molecule has 106 valence electrons. The van der Waals surface area contributed by atoms with Gasteiger partial charge in [-0.2, -0.15) is 0 Å². The van der Waals surface area contributed by atoms with Gasteiger partial charge in [0, 0.05) is 5.69 Å². The Kier molecular flexibility index (Phi) is 3.61. The Bertz CT molecular complexity index is 452. The zero-order valence-electron chi connectivity index (χ0n) is 12.3. The van der Waals surface area contributed by atoms with Gasteiger partial charge in [0.2, 0.25) is 0 Å². The molecule has 1 fully saturated rings. The van der Waals surface area contributed by atoms with Crippen molar-refractivity contribution >= 4 is 5.69 Å². The van der Waals surface area contributed by atoms with Crippen molar-refractivity contribution in [2.45, 2.75) is 46.1 Å². The van der Waals surface area contributed by atoms with E-state index in [4.69, 9.17) is 0 Å². The summed E-state index contributed by atoms with van der Waals surface area (Å²) in [4.78, 5) is 0. The van der Waals surface area contributed by atoms with E-state index in [1.165, 1.54) is 12.1 Å². The van der Waals surface area contributed by atoms with E-state index >= 15 is 0 Å². The molecule has 2 N–H and O–H groups in total. The van der Waals surface area contributed by atoms with E-state index in [-0.39, 0.29) is 23.4 Å². The molecule has 1 aliphatic carbocycles. The molecule has 0 aliphatic heterocycles. The SMILES string of the molecule is Cc1cc(F)cc(NC2(CO)CC(C)(C)CC2C)c1. The van der Waals surface area contributed by atoms with Crippen LogP contribution in [0.2, 0.25) is 0 Å². The normalized spacial score (nSPS) is 29.5. The van der Waals surface area contributed by atoms with Gasteiger partial charge in [0.15, 0.2) is 0 Å². The molecule has 2 atom stereocenters. The standard InChI is InChI=1S/C16H24FNO/c1-11-5-13(17)7-14(6-11)18-16(10-19)9-15(3,4)8-12(16)2/h5-7,12,18-19H,8-10H2,1-4H3. The summed E-state index contributed by atoms with van der Waals surface area (Å²) in [5.74, 6) is 0.122. The van der Waals surface area contributed by atoms with Gasteiger partial charge in [-0.3, -0.25) is 0 Å². The molecule has 19 heavy (non-hydrogen) atoms. The zero-order valence-corrected chi connectivity index (χ0v) is 12.3. The van der Waals surface area contributed by atoms with Crippen LogP contribution in [0.1, 0.15) is 39.2 Å². The third-order valence-electron chi connectivity index (χ3n) is 4.31. The number of anilines is 1. The first kappa shape index (κ1) is 14.3. The van der Waals surface area contributed by atoms with Gasteiger partial charge in [-0.15, -0.1) is 0 Å². The Hall–Kier alpha value is -1.09. The van der Waals surface area contributed by atoms with Crippen LogP contribution in [-0.2, 0) is 0 Å². The summed E-state index contributed by atoms with van der Waals surface area (Å²) in [7, 11) is 0.